The van der Waals surface area contributed by atoms with Gasteiger partial charge in [0.15, 0.2) is 0 Å². The van der Waals surface area contributed by atoms with Crippen molar-refractivity contribution >= 4 is 49.1 Å². The third-order valence-electron chi connectivity index (χ3n) is 3.27. The van der Waals surface area contributed by atoms with Crippen LogP contribution in [0.4, 0.5) is 0 Å². The lowest BCUT2D eigenvalue weighted by molar-refractivity contribution is 0.0735. The molecule has 1 aromatic carbocycles. The fraction of sp³-hybridized carbons (Fsp3) is 0.267. The predicted octanol–water partition coefficient (Wildman–Crippen LogP) is 5.08. The van der Waals surface area contributed by atoms with E-state index in [1.54, 1.807) is 0 Å². The molecule has 1 amide bonds. The lowest BCUT2D eigenvalue weighted by Gasteiger charge is -2.22. The molecule has 1 fully saturated rings. The second kappa shape index (κ2) is 6.00. The summed E-state index contributed by atoms with van der Waals surface area (Å²) in [6.07, 6.45) is 2.23. The fourth-order valence-corrected chi connectivity index (χ4v) is 3.94. The summed E-state index contributed by atoms with van der Waals surface area (Å²) in [6, 6.07) is 12.4. The van der Waals surface area contributed by atoms with Gasteiger partial charge in [0.2, 0.25) is 0 Å². The Kier molecular flexibility index (Phi) is 4.29. The van der Waals surface area contributed by atoms with Crippen LogP contribution in [0, 0.1) is 0 Å². The number of benzene rings is 1. The molecule has 2 nitrogen and oxygen atoms in total. The van der Waals surface area contributed by atoms with Gasteiger partial charge in [0, 0.05) is 17.1 Å². The van der Waals surface area contributed by atoms with Crippen molar-refractivity contribution in [1.82, 2.24) is 4.90 Å². The van der Waals surface area contributed by atoms with Crippen LogP contribution in [-0.4, -0.2) is 16.8 Å². The highest BCUT2D eigenvalue weighted by Gasteiger charge is 2.33. The number of carbonyl (C=O) groups is 1. The maximum absolute atomic E-state index is 12.6. The van der Waals surface area contributed by atoms with Crippen molar-refractivity contribution in [3.8, 4) is 0 Å². The molecule has 0 N–H and O–H groups in total. The molecule has 0 aliphatic heterocycles. The predicted molar refractivity (Wildman–Crippen MR) is 89.1 cm³/mol. The molecule has 5 heteroatoms. The quantitative estimate of drug-likeness (QED) is 0.683. The monoisotopic (exact) mass is 413 g/mol. The fourth-order valence-electron chi connectivity index (χ4n) is 2.16. The molecule has 0 radical (unpaired) electrons. The first-order valence-electron chi connectivity index (χ1n) is 6.44. The molecular formula is C15H13Br2NOS. The van der Waals surface area contributed by atoms with Crippen LogP contribution in [0.1, 0.15) is 28.1 Å². The van der Waals surface area contributed by atoms with Gasteiger partial charge in [-0.3, -0.25) is 4.79 Å². The number of thiophene rings is 1. The lowest BCUT2D eigenvalue weighted by atomic mass is 10.2. The van der Waals surface area contributed by atoms with E-state index in [9.17, 15) is 4.79 Å². The van der Waals surface area contributed by atoms with E-state index in [4.69, 9.17) is 0 Å². The van der Waals surface area contributed by atoms with E-state index >= 15 is 0 Å². The molecule has 0 unspecified atom stereocenters. The highest BCUT2D eigenvalue weighted by Crippen LogP contribution is 2.32. The van der Waals surface area contributed by atoms with Crippen LogP contribution in [0.15, 0.2) is 44.7 Å². The Labute approximate surface area is 139 Å². The number of hydrogen-bond acceptors (Lipinski definition) is 2. The molecule has 1 aromatic heterocycles. The zero-order chi connectivity index (χ0) is 14.1. The Balaban J connectivity index is 1.81. The topological polar surface area (TPSA) is 20.3 Å². The maximum atomic E-state index is 12.6. The van der Waals surface area contributed by atoms with Gasteiger partial charge in [-0.2, -0.15) is 0 Å². The third-order valence-corrected chi connectivity index (χ3v) is 5.38. The number of amides is 1. The minimum Gasteiger partial charge on any atom is -0.331 e. The number of nitrogens with zero attached hydrogens (tertiary/aromatic N) is 1. The van der Waals surface area contributed by atoms with Crippen LogP contribution < -0.4 is 0 Å². The molecule has 1 saturated carbocycles. The molecule has 104 valence electrons. The SMILES string of the molecule is O=C(c1ccc(Br)s1)N(Cc1cccc(Br)c1)C1CC1. The molecule has 1 aliphatic rings. The van der Waals surface area contributed by atoms with Gasteiger partial charge in [0.25, 0.3) is 5.91 Å². The zero-order valence-corrected chi connectivity index (χ0v) is 14.7. The maximum Gasteiger partial charge on any atom is 0.264 e. The van der Waals surface area contributed by atoms with Crippen LogP contribution in [-0.2, 0) is 6.54 Å². The van der Waals surface area contributed by atoms with Crippen LogP contribution >= 0.6 is 43.2 Å². The normalized spacial score (nSPS) is 14.3. The van der Waals surface area contributed by atoms with Gasteiger partial charge in [-0.25, -0.2) is 0 Å². The van der Waals surface area contributed by atoms with Gasteiger partial charge >= 0.3 is 0 Å². The summed E-state index contributed by atoms with van der Waals surface area (Å²) in [7, 11) is 0. The van der Waals surface area contributed by atoms with Gasteiger partial charge in [0.05, 0.1) is 8.66 Å². The second-order valence-corrected chi connectivity index (χ2v) is 8.28. The average Bonchev–Trinajstić information content (AvgIpc) is 3.17. The van der Waals surface area contributed by atoms with E-state index in [0.717, 1.165) is 31.5 Å². The summed E-state index contributed by atoms with van der Waals surface area (Å²) in [5.74, 6) is 0.142. The van der Waals surface area contributed by atoms with E-state index in [0.29, 0.717) is 12.6 Å². The van der Waals surface area contributed by atoms with Crippen molar-refractivity contribution in [3.05, 3.63) is 55.1 Å². The van der Waals surface area contributed by atoms with Crippen LogP contribution in [0.25, 0.3) is 0 Å². The van der Waals surface area contributed by atoms with Crippen LogP contribution in [0.2, 0.25) is 0 Å². The average molecular weight is 415 g/mol. The third kappa shape index (κ3) is 3.32. The molecule has 1 aliphatic carbocycles. The largest absolute Gasteiger partial charge is 0.331 e. The van der Waals surface area contributed by atoms with Gasteiger partial charge in [-0.1, -0.05) is 28.1 Å². The highest BCUT2D eigenvalue weighted by molar-refractivity contribution is 9.11. The summed E-state index contributed by atoms with van der Waals surface area (Å²) >= 11 is 8.40. The smallest absolute Gasteiger partial charge is 0.264 e. The Morgan fingerprint density at radius 1 is 1.25 bits per heavy atom. The number of halogens is 2. The molecule has 0 spiro atoms. The number of carbonyl (C=O) groups excluding carboxylic acids is 1. The van der Waals surface area contributed by atoms with E-state index in [1.807, 2.05) is 29.2 Å². The standard InChI is InChI=1S/C15H13Br2NOS/c16-11-3-1-2-10(8-11)9-18(12-4-5-12)15(19)13-6-7-14(17)20-13/h1-3,6-8,12H,4-5,9H2. The molecule has 1 heterocycles. The Bertz CT molecular complexity index is 636. The van der Waals surface area contributed by atoms with Gasteiger partial charge in [0.1, 0.15) is 0 Å². The van der Waals surface area contributed by atoms with Gasteiger partial charge in [-0.05, 0) is 58.6 Å². The summed E-state index contributed by atoms with van der Waals surface area (Å²) in [4.78, 5) is 15.4. The van der Waals surface area contributed by atoms with Crippen LogP contribution in [0.3, 0.4) is 0 Å². The number of hydrogen-bond donors (Lipinski definition) is 0. The minimum absolute atomic E-state index is 0.142. The Morgan fingerprint density at radius 2 is 2.05 bits per heavy atom. The van der Waals surface area contributed by atoms with E-state index in [-0.39, 0.29) is 5.91 Å². The lowest BCUT2D eigenvalue weighted by Crippen LogP contribution is -2.32. The summed E-state index contributed by atoms with van der Waals surface area (Å²) in [6.45, 7) is 0.679. The van der Waals surface area contributed by atoms with E-state index in [1.165, 1.54) is 11.3 Å². The molecule has 0 saturated heterocycles. The van der Waals surface area contributed by atoms with Crippen molar-refractivity contribution < 1.29 is 4.79 Å². The first-order chi connectivity index (χ1) is 9.63. The van der Waals surface area contributed by atoms with Crippen molar-refractivity contribution in [2.75, 3.05) is 0 Å². The zero-order valence-electron chi connectivity index (χ0n) is 10.7. The second-order valence-electron chi connectivity index (χ2n) is 4.90. The van der Waals surface area contributed by atoms with Gasteiger partial charge < -0.3 is 4.90 Å². The minimum atomic E-state index is 0.142. The summed E-state index contributed by atoms with van der Waals surface area (Å²) in [5.41, 5.74) is 1.16. The molecule has 20 heavy (non-hydrogen) atoms. The van der Waals surface area contributed by atoms with Crippen molar-refractivity contribution in [2.24, 2.45) is 0 Å². The van der Waals surface area contributed by atoms with Crippen molar-refractivity contribution in [1.29, 1.82) is 0 Å². The molecule has 3 rings (SSSR count). The van der Waals surface area contributed by atoms with Crippen LogP contribution in [0.5, 0.6) is 0 Å². The highest BCUT2D eigenvalue weighted by atomic mass is 79.9. The Hall–Kier alpha value is -0.650. The first kappa shape index (κ1) is 14.3. The first-order valence-corrected chi connectivity index (χ1v) is 8.84. The van der Waals surface area contributed by atoms with Crippen molar-refractivity contribution in [3.63, 3.8) is 0 Å². The molecule has 2 aromatic rings. The van der Waals surface area contributed by atoms with E-state index < -0.39 is 0 Å². The molecule has 0 bridgehead atoms. The van der Waals surface area contributed by atoms with Crippen molar-refractivity contribution in [2.45, 2.75) is 25.4 Å². The summed E-state index contributed by atoms with van der Waals surface area (Å²) < 4.78 is 2.05. The van der Waals surface area contributed by atoms with E-state index in [2.05, 4.69) is 44.0 Å². The molecular weight excluding hydrogens is 402 g/mol. The molecule has 0 atom stereocenters. The summed E-state index contributed by atoms with van der Waals surface area (Å²) in [5, 5.41) is 0. The van der Waals surface area contributed by atoms with Gasteiger partial charge in [-0.15, -0.1) is 11.3 Å². The Morgan fingerprint density at radius 3 is 2.65 bits per heavy atom. The number of rotatable bonds is 4.